The minimum Gasteiger partial charge on any atom is -0.452 e. The van der Waals surface area contributed by atoms with Crippen LogP contribution in [0.2, 0.25) is 0 Å². The number of hydrogen-bond acceptors (Lipinski definition) is 3. The standard InChI is InChI=1S/C10H15BN2OS.C4H10/c12-9(10(15)13-7-11-14)6-8-4-2-1-3-5-8;1-4(2)3/h1-5,9,11,14H,6-7,12H2,(H,13,15);4H,1-3H3. The Morgan fingerprint density at radius 2 is 1.84 bits per heavy atom. The number of benzene rings is 1. The van der Waals surface area contributed by atoms with E-state index in [0.29, 0.717) is 11.4 Å². The Morgan fingerprint density at radius 3 is 2.32 bits per heavy atom. The molecule has 1 atom stereocenters. The lowest BCUT2D eigenvalue weighted by Gasteiger charge is -2.14. The summed E-state index contributed by atoms with van der Waals surface area (Å²) in [5.41, 5.74) is 7.07. The van der Waals surface area contributed by atoms with Crippen LogP contribution in [0.15, 0.2) is 30.3 Å². The van der Waals surface area contributed by atoms with E-state index in [-0.39, 0.29) is 13.5 Å². The zero-order valence-corrected chi connectivity index (χ0v) is 12.9. The first-order valence-corrected chi connectivity index (χ1v) is 7.06. The molecule has 0 saturated heterocycles. The molecule has 0 bridgehead atoms. The predicted molar refractivity (Wildman–Crippen MR) is 88.6 cm³/mol. The van der Waals surface area contributed by atoms with Crippen molar-refractivity contribution < 1.29 is 5.02 Å². The van der Waals surface area contributed by atoms with E-state index >= 15 is 0 Å². The van der Waals surface area contributed by atoms with Crippen molar-refractivity contribution >= 4 is 24.7 Å². The summed E-state index contributed by atoms with van der Waals surface area (Å²) in [6.07, 6.45) is 1.18. The molecule has 0 aliphatic carbocycles. The van der Waals surface area contributed by atoms with E-state index in [0.717, 1.165) is 17.9 Å². The normalized spacial score (nSPS) is 11.3. The van der Waals surface area contributed by atoms with E-state index in [1.54, 1.807) is 0 Å². The maximum absolute atomic E-state index is 8.62. The van der Waals surface area contributed by atoms with E-state index < -0.39 is 0 Å². The summed E-state index contributed by atoms with van der Waals surface area (Å²) in [6, 6.07) is 9.78. The lowest BCUT2D eigenvalue weighted by Crippen LogP contribution is -2.42. The first-order chi connectivity index (χ1) is 8.97. The Labute approximate surface area is 122 Å². The molecule has 0 aliphatic rings. The van der Waals surface area contributed by atoms with Crippen LogP contribution in [0.25, 0.3) is 0 Å². The van der Waals surface area contributed by atoms with Gasteiger partial charge in [-0.3, -0.25) is 0 Å². The molecule has 0 radical (unpaired) electrons. The minimum atomic E-state index is -0.186. The zero-order valence-electron chi connectivity index (χ0n) is 12.1. The molecule has 0 amide bonds. The van der Waals surface area contributed by atoms with E-state index in [4.69, 9.17) is 23.0 Å². The molecule has 1 aromatic carbocycles. The van der Waals surface area contributed by atoms with Gasteiger partial charge in [0.05, 0.1) is 11.0 Å². The third-order valence-corrected chi connectivity index (χ3v) is 2.49. The summed E-state index contributed by atoms with van der Waals surface area (Å²) in [6.45, 7) is 6.50. The van der Waals surface area contributed by atoms with Crippen molar-refractivity contribution in [3.05, 3.63) is 35.9 Å². The average Bonchev–Trinajstić information content (AvgIpc) is 2.36. The topological polar surface area (TPSA) is 58.3 Å². The summed E-state index contributed by atoms with van der Waals surface area (Å²) in [7, 11) is 0.0677. The van der Waals surface area contributed by atoms with E-state index in [2.05, 4.69) is 26.1 Å². The summed E-state index contributed by atoms with van der Waals surface area (Å²) in [4.78, 5) is 0.605. The quantitative estimate of drug-likeness (QED) is 0.564. The highest BCUT2D eigenvalue weighted by Crippen LogP contribution is 2.02. The van der Waals surface area contributed by atoms with E-state index in [1.165, 1.54) is 0 Å². The number of rotatable bonds is 5. The second kappa shape index (κ2) is 11.0. The molecule has 0 aromatic heterocycles. The average molecular weight is 280 g/mol. The Balaban J connectivity index is 0.000000711. The van der Waals surface area contributed by atoms with Gasteiger partial charge in [-0.2, -0.15) is 0 Å². The number of hydrogen-bond donors (Lipinski definition) is 3. The fourth-order valence-electron chi connectivity index (χ4n) is 1.27. The molecule has 3 nitrogen and oxygen atoms in total. The number of thiocarbonyl (C=S) groups is 1. The van der Waals surface area contributed by atoms with Gasteiger partial charge < -0.3 is 16.1 Å². The summed E-state index contributed by atoms with van der Waals surface area (Å²) in [5.74, 6) is 0.833. The highest BCUT2D eigenvalue weighted by molar-refractivity contribution is 7.80. The SMILES string of the molecule is CC(C)C.NC(Cc1ccccc1)C(=S)NCBO. The molecule has 0 fully saturated rings. The Bertz CT molecular complexity index is 344. The summed E-state index contributed by atoms with van der Waals surface area (Å²) < 4.78 is 0. The van der Waals surface area contributed by atoms with Gasteiger partial charge >= 0.3 is 0 Å². The third kappa shape index (κ3) is 10.7. The molecule has 0 aliphatic heterocycles. The second-order valence-electron chi connectivity index (χ2n) is 5.04. The van der Waals surface area contributed by atoms with Gasteiger partial charge in [0.15, 0.2) is 0 Å². The summed E-state index contributed by atoms with van der Waals surface area (Å²) in [5, 5.41) is 11.5. The lowest BCUT2D eigenvalue weighted by molar-refractivity contribution is 0.598. The maximum Gasteiger partial charge on any atom is 0.290 e. The van der Waals surface area contributed by atoms with Crippen molar-refractivity contribution in [2.75, 3.05) is 6.44 Å². The van der Waals surface area contributed by atoms with Crippen molar-refractivity contribution in [1.29, 1.82) is 0 Å². The molecule has 1 aromatic rings. The fraction of sp³-hybridized carbons (Fsp3) is 0.500. The first kappa shape index (κ1) is 18.1. The van der Waals surface area contributed by atoms with Crippen LogP contribution in [0, 0.1) is 5.92 Å². The van der Waals surface area contributed by atoms with Gasteiger partial charge in [0.25, 0.3) is 7.48 Å². The lowest BCUT2D eigenvalue weighted by atomic mass is 10.0. The van der Waals surface area contributed by atoms with Gasteiger partial charge in [-0.25, -0.2) is 0 Å². The van der Waals surface area contributed by atoms with Crippen molar-refractivity contribution in [1.82, 2.24) is 5.32 Å². The van der Waals surface area contributed by atoms with E-state index in [1.807, 2.05) is 30.3 Å². The second-order valence-corrected chi connectivity index (χ2v) is 5.48. The smallest absolute Gasteiger partial charge is 0.290 e. The van der Waals surface area contributed by atoms with Gasteiger partial charge in [0.2, 0.25) is 0 Å². The Kier molecular flexibility index (Phi) is 10.4. The van der Waals surface area contributed by atoms with Crippen LogP contribution < -0.4 is 11.1 Å². The maximum atomic E-state index is 8.62. The molecular formula is C14H25BN2OS. The van der Waals surface area contributed by atoms with Crippen LogP contribution in [0.1, 0.15) is 26.3 Å². The van der Waals surface area contributed by atoms with Crippen molar-refractivity contribution in [3.63, 3.8) is 0 Å². The minimum absolute atomic E-state index is 0.0677. The molecule has 5 heteroatoms. The molecule has 106 valence electrons. The highest BCUT2D eigenvalue weighted by Gasteiger charge is 2.09. The molecule has 1 rings (SSSR count). The van der Waals surface area contributed by atoms with Gasteiger partial charge in [0.1, 0.15) is 0 Å². The highest BCUT2D eigenvalue weighted by atomic mass is 32.1. The first-order valence-electron chi connectivity index (χ1n) is 6.65. The molecule has 4 N–H and O–H groups in total. The predicted octanol–water partition coefficient (Wildman–Crippen LogP) is 1.44. The monoisotopic (exact) mass is 280 g/mol. The van der Waals surface area contributed by atoms with Crippen LogP contribution in [-0.4, -0.2) is 30.0 Å². The van der Waals surface area contributed by atoms with Crippen LogP contribution in [0.3, 0.4) is 0 Å². The molecule has 0 heterocycles. The fourth-order valence-corrected chi connectivity index (χ4v) is 1.46. The Morgan fingerprint density at radius 1 is 1.32 bits per heavy atom. The molecular weight excluding hydrogens is 255 g/mol. The number of nitrogens with one attached hydrogen (secondary N) is 1. The molecule has 19 heavy (non-hydrogen) atoms. The molecule has 0 saturated carbocycles. The van der Waals surface area contributed by atoms with Gasteiger partial charge in [-0.1, -0.05) is 63.3 Å². The van der Waals surface area contributed by atoms with Crippen LogP contribution >= 0.6 is 12.2 Å². The molecule has 0 spiro atoms. The Hall–Kier alpha value is -0.905. The van der Waals surface area contributed by atoms with Gasteiger partial charge in [0, 0.05) is 6.44 Å². The van der Waals surface area contributed by atoms with E-state index in [9.17, 15) is 0 Å². The van der Waals surface area contributed by atoms with Crippen LogP contribution in [0.5, 0.6) is 0 Å². The largest absolute Gasteiger partial charge is 0.452 e. The van der Waals surface area contributed by atoms with Crippen molar-refractivity contribution in [2.24, 2.45) is 11.7 Å². The van der Waals surface area contributed by atoms with Gasteiger partial charge in [-0.05, 0) is 17.9 Å². The third-order valence-electron chi connectivity index (χ3n) is 2.05. The van der Waals surface area contributed by atoms with Crippen LogP contribution in [0.4, 0.5) is 0 Å². The number of nitrogens with two attached hydrogens (primary N) is 1. The molecule has 1 unspecified atom stereocenters. The van der Waals surface area contributed by atoms with Crippen LogP contribution in [-0.2, 0) is 6.42 Å². The van der Waals surface area contributed by atoms with Crippen molar-refractivity contribution in [2.45, 2.75) is 33.2 Å². The van der Waals surface area contributed by atoms with Crippen molar-refractivity contribution in [3.8, 4) is 0 Å². The van der Waals surface area contributed by atoms with Gasteiger partial charge in [-0.15, -0.1) is 0 Å². The zero-order chi connectivity index (χ0) is 14.7. The summed E-state index contributed by atoms with van der Waals surface area (Å²) >= 11 is 5.09.